The van der Waals surface area contributed by atoms with Crippen molar-refractivity contribution in [2.75, 3.05) is 0 Å². The highest BCUT2D eigenvalue weighted by molar-refractivity contribution is 5.66. The molecule has 1 aliphatic heterocycles. The van der Waals surface area contributed by atoms with E-state index in [1.807, 2.05) is 6.92 Å². The number of esters is 1. The fourth-order valence-electron chi connectivity index (χ4n) is 1.40. The van der Waals surface area contributed by atoms with Crippen LogP contribution in [0.15, 0.2) is 0 Å². The summed E-state index contributed by atoms with van der Waals surface area (Å²) in [7, 11) is 0. The average Bonchev–Trinajstić information content (AvgIpc) is 1.81. The van der Waals surface area contributed by atoms with Crippen LogP contribution in [0.25, 0.3) is 0 Å². The molecule has 4 heteroatoms. The number of aliphatic hydroxyl groups is 1. The summed E-state index contributed by atoms with van der Waals surface area (Å²) in [5.74, 6) is -0.304. The van der Waals surface area contributed by atoms with Gasteiger partial charge in [-0.1, -0.05) is 0 Å². The molecule has 3 atom stereocenters. The predicted octanol–water partition coefficient (Wildman–Crippen LogP) is 0.435. The van der Waals surface area contributed by atoms with Gasteiger partial charge in [-0.3, -0.25) is 4.79 Å². The molecule has 1 rings (SSSR count). The molecule has 1 aliphatic rings. The first kappa shape index (κ1) is 9.48. The van der Waals surface area contributed by atoms with Crippen molar-refractivity contribution in [2.45, 2.75) is 45.2 Å². The summed E-state index contributed by atoms with van der Waals surface area (Å²) >= 11 is 0. The van der Waals surface area contributed by atoms with Crippen molar-refractivity contribution in [1.29, 1.82) is 0 Å². The summed E-state index contributed by atoms with van der Waals surface area (Å²) in [4.78, 5) is 10.6. The Bertz CT molecular complexity index is 158. The van der Waals surface area contributed by atoms with Gasteiger partial charge in [-0.05, 0) is 6.92 Å². The summed E-state index contributed by atoms with van der Waals surface area (Å²) in [6.07, 6.45) is 0.0121. The summed E-state index contributed by atoms with van der Waals surface area (Å²) < 4.78 is 10.0. The van der Waals surface area contributed by atoms with Crippen LogP contribution in [0, 0.1) is 0 Å². The smallest absolute Gasteiger partial charge is 0.302 e. The highest BCUT2D eigenvalue weighted by Gasteiger charge is 2.27. The predicted molar refractivity (Wildman–Crippen MR) is 41.3 cm³/mol. The molecule has 0 radical (unpaired) electrons. The Labute approximate surface area is 71.5 Å². The van der Waals surface area contributed by atoms with Gasteiger partial charge in [-0.2, -0.15) is 0 Å². The Hall–Kier alpha value is -0.610. The molecule has 0 amide bonds. The number of hydrogen-bond acceptors (Lipinski definition) is 4. The molecule has 12 heavy (non-hydrogen) atoms. The van der Waals surface area contributed by atoms with Gasteiger partial charge in [-0.25, -0.2) is 0 Å². The zero-order valence-corrected chi connectivity index (χ0v) is 7.32. The molecule has 0 aromatic carbocycles. The molecule has 0 aromatic rings. The van der Waals surface area contributed by atoms with E-state index in [9.17, 15) is 4.79 Å². The molecular weight excluding hydrogens is 160 g/mol. The number of carbonyl (C=O) groups excluding carboxylic acids is 1. The van der Waals surface area contributed by atoms with Gasteiger partial charge < -0.3 is 14.6 Å². The monoisotopic (exact) mass is 174 g/mol. The van der Waals surface area contributed by atoms with Crippen molar-refractivity contribution in [3.8, 4) is 0 Å². The molecule has 1 saturated heterocycles. The molecule has 1 N–H and O–H groups in total. The van der Waals surface area contributed by atoms with E-state index in [0.717, 1.165) is 0 Å². The van der Waals surface area contributed by atoms with Crippen LogP contribution in [0.3, 0.4) is 0 Å². The fraction of sp³-hybridized carbons (Fsp3) is 0.875. The summed E-state index contributed by atoms with van der Waals surface area (Å²) in [6, 6.07) is 0. The fourth-order valence-corrected chi connectivity index (χ4v) is 1.40. The number of hydrogen-bond donors (Lipinski definition) is 1. The Kier molecular flexibility index (Phi) is 3.05. The molecule has 70 valence electrons. The van der Waals surface area contributed by atoms with Gasteiger partial charge in [0.15, 0.2) is 6.29 Å². The van der Waals surface area contributed by atoms with Crippen LogP contribution in [0.2, 0.25) is 0 Å². The van der Waals surface area contributed by atoms with E-state index in [0.29, 0.717) is 12.8 Å². The first-order chi connectivity index (χ1) is 5.58. The van der Waals surface area contributed by atoms with Crippen molar-refractivity contribution in [3.63, 3.8) is 0 Å². The minimum absolute atomic E-state index is 0.0434. The maximum atomic E-state index is 10.6. The first-order valence-corrected chi connectivity index (χ1v) is 4.08. The van der Waals surface area contributed by atoms with E-state index in [4.69, 9.17) is 14.6 Å². The van der Waals surface area contributed by atoms with Crippen LogP contribution in [0.5, 0.6) is 0 Å². The van der Waals surface area contributed by atoms with Crippen LogP contribution in [-0.4, -0.2) is 29.6 Å². The second-order valence-corrected chi connectivity index (χ2v) is 3.10. The van der Waals surface area contributed by atoms with Crippen LogP contribution in [0.1, 0.15) is 26.7 Å². The molecule has 1 heterocycles. The third-order valence-corrected chi connectivity index (χ3v) is 1.78. The number of aliphatic hydroxyl groups excluding tert-OH is 1. The van der Waals surface area contributed by atoms with Gasteiger partial charge in [0.25, 0.3) is 0 Å². The van der Waals surface area contributed by atoms with Gasteiger partial charge in [-0.15, -0.1) is 0 Å². The molecule has 0 aliphatic carbocycles. The van der Waals surface area contributed by atoms with E-state index in [-0.39, 0.29) is 18.2 Å². The second-order valence-electron chi connectivity index (χ2n) is 3.10. The largest absolute Gasteiger partial charge is 0.462 e. The number of rotatable bonds is 1. The van der Waals surface area contributed by atoms with E-state index in [1.165, 1.54) is 6.92 Å². The standard InChI is InChI=1S/C8H14O4/c1-5-3-7(12-6(2)9)4-8(10)11-5/h5,7-8,10H,3-4H2,1-2H3. The van der Waals surface area contributed by atoms with Gasteiger partial charge in [0.2, 0.25) is 0 Å². The van der Waals surface area contributed by atoms with Crippen molar-refractivity contribution in [1.82, 2.24) is 0 Å². The molecule has 0 spiro atoms. The summed E-state index contributed by atoms with van der Waals surface area (Å²) in [5.41, 5.74) is 0. The first-order valence-electron chi connectivity index (χ1n) is 4.08. The molecule has 1 fully saturated rings. The minimum atomic E-state index is -0.793. The van der Waals surface area contributed by atoms with Crippen LogP contribution in [0.4, 0.5) is 0 Å². The Morgan fingerprint density at radius 1 is 1.58 bits per heavy atom. The SMILES string of the molecule is CC(=O)OC1CC(C)OC(O)C1. The third kappa shape index (κ3) is 2.79. The third-order valence-electron chi connectivity index (χ3n) is 1.78. The van der Waals surface area contributed by atoms with Crippen LogP contribution in [-0.2, 0) is 14.3 Å². The lowest BCUT2D eigenvalue weighted by Gasteiger charge is -2.30. The van der Waals surface area contributed by atoms with E-state index < -0.39 is 6.29 Å². The minimum Gasteiger partial charge on any atom is -0.462 e. The average molecular weight is 174 g/mol. The number of ether oxygens (including phenoxy) is 2. The normalized spacial score (nSPS) is 36.1. The zero-order chi connectivity index (χ0) is 9.14. The lowest BCUT2D eigenvalue weighted by Crippen LogP contribution is -2.36. The molecule has 0 aromatic heterocycles. The Morgan fingerprint density at radius 3 is 2.75 bits per heavy atom. The van der Waals surface area contributed by atoms with Crippen molar-refractivity contribution >= 4 is 5.97 Å². The van der Waals surface area contributed by atoms with E-state index in [2.05, 4.69) is 0 Å². The van der Waals surface area contributed by atoms with Gasteiger partial charge in [0.05, 0.1) is 6.10 Å². The van der Waals surface area contributed by atoms with Crippen molar-refractivity contribution in [2.24, 2.45) is 0 Å². The maximum absolute atomic E-state index is 10.6. The van der Waals surface area contributed by atoms with Gasteiger partial charge in [0.1, 0.15) is 6.10 Å². The number of carbonyl (C=O) groups is 1. The lowest BCUT2D eigenvalue weighted by atomic mass is 10.1. The Morgan fingerprint density at radius 2 is 2.25 bits per heavy atom. The Balaban J connectivity index is 2.38. The molecule has 4 nitrogen and oxygen atoms in total. The highest BCUT2D eigenvalue weighted by atomic mass is 16.6. The second kappa shape index (κ2) is 3.87. The zero-order valence-electron chi connectivity index (χ0n) is 7.32. The van der Waals surface area contributed by atoms with Crippen LogP contribution >= 0.6 is 0 Å². The van der Waals surface area contributed by atoms with Gasteiger partial charge in [0, 0.05) is 19.8 Å². The quantitative estimate of drug-likeness (QED) is 0.586. The molecule has 0 bridgehead atoms. The van der Waals surface area contributed by atoms with E-state index in [1.54, 1.807) is 0 Å². The molecular formula is C8H14O4. The van der Waals surface area contributed by atoms with Crippen molar-refractivity contribution < 1.29 is 19.4 Å². The maximum Gasteiger partial charge on any atom is 0.302 e. The summed E-state index contributed by atoms with van der Waals surface area (Å²) in [6.45, 7) is 3.21. The lowest BCUT2D eigenvalue weighted by molar-refractivity contribution is -0.195. The van der Waals surface area contributed by atoms with Crippen molar-refractivity contribution in [3.05, 3.63) is 0 Å². The summed E-state index contributed by atoms with van der Waals surface area (Å²) in [5, 5.41) is 9.15. The molecule has 0 saturated carbocycles. The van der Waals surface area contributed by atoms with Crippen LogP contribution < -0.4 is 0 Å². The highest BCUT2D eigenvalue weighted by Crippen LogP contribution is 2.20. The topological polar surface area (TPSA) is 55.8 Å². The van der Waals surface area contributed by atoms with Gasteiger partial charge >= 0.3 is 5.97 Å². The van der Waals surface area contributed by atoms with E-state index >= 15 is 0 Å². The molecule has 3 unspecified atom stereocenters.